The number of hydrogen-bond donors (Lipinski definition) is 2. The number of nitrogens with one attached hydrogen (secondary N) is 1. The van der Waals surface area contributed by atoms with E-state index in [2.05, 4.69) is 31.2 Å². The smallest absolute Gasteiger partial charge is 0.337 e. The number of aromatic carboxylic acids is 1. The molecule has 2 rings (SSSR count). The molecule has 0 aliphatic heterocycles. The normalized spacial score (nSPS) is 10.1. The summed E-state index contributed by atoms with van der Waals surface area (Å²) in [7, 11) is 0. The Balaban J connectivity index is 2.29. The molecule has 1 aromatic heterocycles. The van der Waals surface area contributed by atoms with Gasteiger partial charge in [0.1, 0.15) is 10.8 Å². The molecule has 0 atom stereocenters. The highest BCUT2D eigenvalue weighted by Gasteiger charge is 2.15. The first-order valence-electron chi connectivity index (χ1n) is 5.29. The molecule has 0 aliphatic carbocycles. The maximum Gasteiger partial charge on any atom is 0.337 e. The fourth-order valence-electron chi connectivity index (χ4n) is 1.42. The largest absolute Gasteiger partial charge is 0.478 e. The van der Waals surface area contributed by atoms with Gasteiger partial charge in [-0.2, -0.15) is 0 Å². The lowest BCUT2D eigenvalue weighted by Gasteiger charge is -2.08. The van der Waals surface area contributed by atoms with Crippen molar-refractivity contribution in [1.82, 2.24) is 9.97 Å². The number of rotatable bonds is 3. The molecule has 1 heterocycles. The Kier molecular flexibility index (Phi) is 4.31. The second-order valence-corrected chi connectivity index (χ2v) is 4.98. The van der Waals surface area contributed by atoms with Crippen LogP contribution >= 0.6 is 27.5 Å². The van der Waals surface area contributed by atoms with E-state index in [1.165, 1.54) is 24.5 Å². The summed E-state index contributed by atoms with van der Waals surface area (Å²) in [6.07, 6.45) is 2.44. The maximum absolute atomic E-state index is 11.9. The van der Waals surface area contributed by atoms with Gasteiger partial charge in [-0.15, -0.1) is 0 Å². The van der Waals surface area contributed by atoms with Crippen molar-refractivity contribution in [1.29, 1.82) is 0 Å². The molecule has 102 valence electrons. The molecule has 1 amide bonds. The topological polar surface area (TPSA) is 92.2 Å². The lowest BCUT2D eigenvalue weighted by Crippen LogP contribution is -2.16. The molecule has 8 heteroatoms. The van der Waals surface area contributed by atoms with E-state index in [0.717, 1.165) is 0 Å². The first kappa shape index (κ1) is 14.4. The van der Waals surface area contributed by atoms with Gasteiger partial charge in [-0.05, 0) is 18.2 Å². The number of anilines is 1. The van der Waals surface area contributed by atoms with Crippen molar-refractivity contribution in [3.63, 3.8) is 0 Å². The molecule has 0 saturated heterocycles. The number of carboxylic acid groups (broad SMARTS) is 1. The Bertz CT molecular complexity index is 676. The molecule has 0 aliphatic rings. The lowest BCUT2D eigenvalue weighted by molar-refractivity contribution is 0.0698. The molecule has 0 fully saturated rings. The summed E-state index contributed by atoms with van der Waals surface area (Å²) in [6, 6.07) is 4.45. The molecule has 0 spiro atoms. The van der Waals surface area contributed by atoms with Gasteiger partial charge in [-0.25, -0.2) is 14.8 Å². The summed E-state index contributed by atoms with van der Waals surface area (Å²) < 4.78 is 0.639. The lowest BCUT2D eigenvalue weighted by atomic mass is 10.2. The molecule has 2 N–H and O–H groups in total. The first-order valence-corrected chi connectivity index (χ1v) is 6.46. The van der Waals surface area contributed by atoms with Crippen LogP contribution in [0.4, 0.5) is 5.69 Å². The summed E-state index contributed by atoms with van der Waals surface area (Å²) in [4.78, 5) is 30.6. The number of carboxylic acids is 1. The van der Waals surface area contributed by atoms with Crippen molar-refractivity contribution >= 4 is 45.1 Å². The van der Waals surface area contributed by atoms with Gasteiger partial charge in [0, 0.05) is 4.47 Å². The second kappa shape index (κ2) is 5.98. The molecule has 0 saturated carbocycles. The molecule has 20 heavy (non-hydrogen) atoms. The number of halogens is 2. The van der Waals surface area contributed by atoms with E-state index in [-0.39, 0.29) is 22.1 Å². The second-order valence-electron chi connectivity index (χ2n) is 3.67. The van der Waals surface area contributed by atoms with Crippen LogP contribution in [0.25, 0.3) is 0 Å². The van der Waals surface area contributed by atoms with E-state index in [0.29, 0.717) is 4.47 Å². The third-order valence-corrected chi connectivity index (χ3v) is 3.00. The molecular formula is C12H7BrClN3O3. The predicted molar refractivity (Wildman–Crippen MR) is 76.1 cm³/mol. The van der Waals surface area contributed by atoms with Crippen molar-refractivity contribution < 1.29 is 14.7 Å². The van der Waals surface area contributed by atoms with Crippen molar-refractivity contribution in [2.24, 2.45) is 0 Å². The van der Waals surface area contributed by atoms with Crippen LogP contribution in [-0.4, -0.2) is 27.0 Å². The van der Waals surface area contributed by atoms with Gasteiger partial charge in [0.25, 0.3) is 5.91 Å². The number of carbonyl (C=O) groups excluding carboxylic acids is 1. The van der Waals surface area contributed by atoms with Crippen molar-refractivity contribution in [3.8, 4) is 0 Å². The number of aromatic nitrogens is 2. The number of nitrogens with zero attached hydrogens (tertiary/aromatic N) is 2. The molecule has 0 unspecified atom stereocenters. The van der Waals surface area contributed by atoms with Crippen LogP contribution < -0.4 is 5.32 Å². The monoisotopic (exact) mass is 355 g/mol. The SMILES string of the molecule is O=C(Nc1cc(Br)ccc1C(=O)O)c1cnc(Cl)cn1. The molecular weight excluding hydrogens is 350 g/mol. The van der Waals surface area contributed by atoms with Crippen LogP contribution in [0.5, 0.6) is 0 Å². The fourth-order valence-corrected chi connectivity index (χ4v) is 1.88. The van der Waals surface area contributed by atoms with Gasteiger partial charge >= 0.3 is 5.97 Å². The van der Waals surface area contributed by atoms with Gasteiger partial charge in [-0.3, -0.25) is 4.79 Å². The number of carbonyl (C=O) groups is 2. The summed E-state index contributed by atoms with van der Waals surface area (Å²) in [5, 5.41) is 11.7. The standard InChI is InChI=1S/C12H7BrClN3O3/c13-6-1-2-7(12(19)20)8(3-6)17-11(18)9-4-16-10(14)5-15-9/h1-5H,(H,17,18)(H,19,20). The van der Waals surface area contributed by atoms with Crippen molar-refractivity contribution in [2.45, 2.75) is 0 Å². The van der Waals surface area contributed by atoms with E-state index >= 15 is 0 Å². The Morgan fingerprint density at radius 3 is 2.60 bits per heavy atom. The Morgan fingerprint density at radius 1 is 1.25 bits per heavy atom. The van der Waals surface area contributed by atoms with Crippen LogP contribution in [-0.2, 0) is 0 Å². The van der Waals surface area contributed by atoms with Crippen LogP contribution in [0.3, 0.4) is 0 Å². The van der Waals surface area contributed by atoms with Gasteiger partial charge in [0.2, 0.25) is 0 Å². The summed E-state index contributed by atoms with van der Waals surface area (Å²) >= 11 is 8.79. The average Bonchev–Trinajstić information content (AvgIpc) is 2.39. The zero-order valence-electron chi connectivity index (χ0n) is 9.80. The van der Waals surface area contributed by atoms with E-state index < -0.39 is 11.9 Å². The number of amides is 1. The van der Waals surface area contributed by atoms with Crippen LogP contribution in [0.1, 0.15) is 20.8 Å². The zero-order valence-corrected chi connectivity index (χ0v) is 12.1. The average molecular weight is 357 g/mol. The minimum Gasteiger partial charge on any atom is -0.478 e. The quantitative estimate of drug-likeness (QED) is 0.882. The van der Waals surface area contributed by atoms with E-state index in [1.807, 2.05) is 0 Å². The molecule has 0 radical (unpaired) electrons. The van der Waals surface area contributed by atoms with Gasteiger partial charge in [-0.1, -0.05) is 27.5 Å². The van der Waals surface area contributed by atoms with E-state index in [9.17, 15) is 9.59 Å². The Morgan fingerprint density at radius 2 is 2.00 bits per heavy atom. The third-order valence-electron chi connectivity index (χ3n) is 2.31. The summed E-state index contributed by atoms with van der Waals surface area (Å²) in [5.41, 5.74) is 0.169. The number of benzene rings is 1. The van der Waals surface area contributed by atoms with Crippen LogP contribution in [0.2, 0.25) is 5.15 Å². The molecule has 0 bridgehead atoms. The minimum atomic E-state index is -1.14. The van der Waals surface area contributed by atoms with Crippen LogP contribution in [0, 0.1) is 0 Å². The predicted octanol–water partition coefficient (Wildman–Crippen LogP) is 2.84. The van der Waals surface area contributed by atoms with Gasteiger partial charge in [0.15, 0.2) is 0 Å². The van der Waals surface area contributed by atoms with Crippen LogP contribution in [0.15, 0.2) is 35.1 Å². The molecule has 1 aromatic carbocycles. The molecule has 6 nitrogen and oxygen atoms in total. The van der Waals surface area contributed by atoms with Crippen molar-refractivity contribution in [3.05, 3.63) is 51.5 Å². The summed E-state index contributed by atoms with van der Waals surface area (Å²) in [5.74, 6) is -1.72. The van der Waals surface area contributed by atoms with E-state index in [1.54, 1.807) is 6.07 Å². The molecule has 2 aromatic rings. The summed E-state index contributed by atoms with van der Waals surface area (Å²) in [6.45, 7) is 0. The van der Waals surface area contributed by atoms with Gasteiger partial charge < -0.3 is 10.4 Å². The fraction of sp³-hybridized carbons (Fsp3) is 0. The minimum absolute atomic E-state index is 0.0246. The maximum atomic E-state index is 11.9. The first-order chi connectivity index (χ1) is 9.47. The highest BCUT2D eigenvalue weighted by Crippen LogP contribution is 2.22. The van der Waals surface area contributed by atoms with E-state index in [4.69, 9.17) is 16.7 Å². The van der Waals surface area contributed by atoms with Crippen molar-refractivity contribution in [2.75, 3.05) is 5.32 Å². The highest BCUT2D eigenvalue weighted by molar-refractivity contribution is 9.10. The number of hydrogen-bond acceptors (Lipinski definition) is 4. The third kappa shape index (κ3) is 3.31. The Hall–Kier alpha value is -1.99. The Labute approximate surface area is 126 Å². The van der Waals surface area contributed by atoms with Gasteiger partial charge in [0.05, 0.1) is 23.6 Å². The zero-order chi connectivity index (χ0) is 14.7. The highest BCUT2D eigenvalue weighted by atomic mass is 79.9.